The molecule has 0 bridgehead atoms. The van der Waals surface area contributed by atoms with Gasteiger partial charge in [-0.05, 0) is 66.9 Å². The molecule has 4 rings (SSSR count). The number of aliphatic hydroxyl groups is 2. The summed E-state index contributed by atoms with van der Waals surface area (Å²) in [5, 5.41) is 31.1. The second kappa shape index (κ2) is 11.9. The minimum absolute atomic E-state index is 0.0539. The molecule has 0 unspecified atom stereocenters. The van der Waals surface area contributed by atoms with E-state index in [1.165, 1.54) is 0 Å². The number of hydrogen-bond donors (Lipinski definition) is 2. The van der Waals surface area contributed by atoms with Gasteiger partial charge < -0.3 is 19.8 Å². The third kappa shape index (κ3) is 6.41. The van der Waals surface area contributed by atoms with Gasteiger partial charge in [-0.3, -0.25) is 9.88 Å². The van der Waals surface area contributed by atoms with Gasteiger partial charge in [0.2, 0.25) is 0 Å². The van der Waals surface area contributed by atoms with Gasteiger partial charge in [0.1, 0.15) is 18.4 Å². The molecule has 0 amide bonds. The molecule has 0 spiro atoms. The Labute approximate surface area is 223 Å². The predicted octanol–water partition coefficient (Wildman–Crippen LogP) is 4.31. The number of piperazine rings is 1. The number of ether oxygens (including phenoxy) is 1. The maximum absolute atomic E-state index is 11.4. The SMILES string of the molecule is CCc1cc([C@](C)(O)CN2CCN(c3ccc(OCCO)cc3C#N)[C@H](c3ccc(Cl)cc3)C2)ccn1. The smallest absolute Gasteiger partial charge is 0.120 e. The van der Waals surface area contributed by atoms with Crippen LogP contribution in [0.15, 0.2) is 60.8 Å². The van der Waals surface area contributed by atoms with Crippen molar-refractivity contribution in [2.24, 2.45) is 0 Å². The van der Waals surface area contributed by atoms with E-state index in [-0.39, 0.29) is 19.3 Å². The van der Waals surface area contributed by atoms with Crippen molar-refractivity contribution in [2.75, 3.05) is 44.3 Å². The Bertz CT molecular complexity index is 1240. The molecular weight excluding hydrogens is 488 g/mol. The monoisotopic (exact) mass is 520 g/mol. The van der Waals surface area contributed by atoms with E-state index < -0.39 is 5.60 Å². The van der Waals surface area contributed by atoms with E-state index in [9.17, 15) is 10.4 Å². The number of aromatic nitrogens is 1. The summed E-state index contributed by atoms with van der Waals surface area (Å²) in [7, 11) is 0. The Hall–Kier alpha value is -3.15. The molecule has 0 aliphatic carbocycles. The fourth-order valence-corrected chi connectivity index (χ4v) is 5.01. The first-order valence-corrected chi connectivity index (χ1v) is 12.9. The van der Waals surface area contributed by atoms with Crippen LogP contribution >= 0.6 is 11.6 Å². The molecule has 2 heterocycles. The van der Waals surface area contributed by atoms with Gasteiger partial charge in [-0.2, -0.15) is 5.26 Å². The summed E-state index contributed by atoms with van der Waals surface area (Å²) in [4.78, 5) is 8.88. The molecule has 8 heteroatoms. The molecule has 1 aliphatic rings. The summed E-state index contributed by atoms with van der Waals surface area (Å²) in [5.74, 6) is 0.552. The highest BCUT2D eigenvalue weighted by atomic mass is 35.5. The van der Waals surface area contributed by atoms with Crippen molar-refractivity contribution in [3.05, 3.63) is 88.2 Å². The summed E-state index contributed by atoms with van der Waals surface area (Å²) >= 11 is 6.18. The molecule has 7 nitrogen and oxygen atoms in total. The van der Waals surface area contributed by atoms with Gasteiger partial charge in [-0.1, -0.05) is 30.7 Å². The summed E-state index contributed by atoms with van der Waals surface area (Å²) in [6.45, 7) is 6.52. The highest BCUT2D eigenvalue weighted by molar-refractivity contribution is 6.30. The quantitative estimate of drug-likeness (QED) is 0.434. The lowest BCUT2D eigenvalue weighted by Crippen LogP contribution is -2.52. The lowest BCUT2D eigenvalue weighted by atomic mass is 9.93. The maximum Gasteiger partial charge on any atom is 0.120 e. The largest absolute Gasteiger partial charge is 0.491 e. The number of benzene rings is 2. The topological polar surface area (TPSA) is 92.9 Å². The molecular formula is C29H33ClN4O3. The highest BCUT2D eigenvalue weighted by Crippen LogP contribution is 2.36. The highest BCUT2D eigenvalue weighted by Gasteiger charge is 2.34. The molecule has 2 N–H and O–H groups in total. The number of anilines is 1. The van der Waals surface area contributed by atoms with Crippen LogP contribution < -0.4 is 9.64 Å². The molecule has 2 aromatic carbocycles. The van der Waals surface area contributed by atoms with Crippen LogP contribution in [0.3, 0.4) is 0 Å². The molecule has 1 aromatic heterocycles. The second-order valence-electron chi connectivity index (χ2n) is 9.52. The van der Waals surface area contributed by atoms with Crippen molar-refractivity contribution in [3.8, 4) is 11.8 Å². The minimum atomic E-state index is -1.04. The standard InChI is InChI=1S/C29H33ClN4O3/c1-3-25-17-23(10-11-32-25)29(2,36)20-33-12-13-34(28(19-33)21-4-6-24(30)7-5-21)27-9-8-26(37-15-14-35)16-22(27)18-31/h4-11,16-17,28,35-36H,3,12-15,19-20H2,1-2H3/t28-,29+/m0/s1. The van der Waals surface area contributed by atoms with Crippen LogP contribution in [0.1, 0.15) is 42.3 Å². The van der Waals surface area contributed by atoms with Gasteiger partial charge >= 0.3 is 0 Å². The molecule has 37 heavy (non-hydrogen) atoms. The third-order valence-electron chi connectivity index (χ3n) is 6.81. The van der Waals surface area contributed by atoms with Crippen LogP contribution in [0.5, 0.6) is 5.75 Å². The average Bonchev–Trinajstić information content (AvgIpc) is 2.92. The number of pyridine rings is 1. The number of β-amino-alcohol motifs (C(OH)–C–C–N with tert-alkyl or cyclic N) is 1. The van der Waals surface area contributed by atoms with Crippen molar-refractivity contribution in [1.29, 1.82) is 5.26 Å². The number of halogens is 1. The maximum atomic E-state index is 11.4. The zero-order chi connectivity index (χ0) is 26.4. The Morgan fingerprint density at radius 1 is 1.16 bits per heavy atom. The molecule has 2 atom stereocenters. The average molecular weight is 521 g/mol. The molecule has 1 fully saturated rings. The second-order valence-corrected chi connectivity index (χ2v) is 9.96. The fraction of sp³-hybridized carbons (Fsp3) is 0.379. The number of aliphatic hydroxyl groups excluding tert-OH is 1. The Morgan fingerprint density at radius 2 is 1.95 bits per heavy atom. The van der Waals surface area contributed by atoms with E-state index in [1.807, 2.05) is 55.5 Å². The zero-order valence-electron chi connectivity index (χ0n) is 21.3. The normalized spacial score (nSPS) is 17.7. The van der Waals surface area contributed by atoms with Gasteiger partial charge in [0, 0.05) is 43.1 Å². The first-order valence-electron chi connectivity index (χ1n) is 12.5. The fourth-order valence-electron chi connectivity index (χ4n) is 4.88. The summed E-state index contributed by atoms with van der Waals surface area (Å²) in [6, 6.07) is 19.4. The molecule has 1 aliphatic heterocycles. The van der Waals surface area contributed by atoms with Crippen LogP contribution in [0.25, 0.3) is 0 Å². The number of rotatable bonds is 9. The minimum Gasteiger partial charge on any atom is -0.491 e. The van der Waals surface area contributed by atoms with Crippen LogP contribution in [-0.4, -0.2) is 59.5 Å². The number of nitrogens with zero attached hydrogens (tertiary/aromatic N) is 4. The Kier molecular flexibility index (Phi) is 8.67. The van der Waals surface area contributed by atoms with Crippen LogP contribution in [0.4, 0.5) is 5.69 Å². The van der Waals surface area contributed by atoms with E-state index in [0.29, 0.717) is 36.0 Å². The summed E-state index contributed by atoms with van der Waals surface area (Å²) in [6.07, 6.45) is 2.57. The van der Waals surface area contributed by atoms with Crippen LogP contribution in [0.2, 0.25) is 5.02 Å². The Balaban J connectivity index is 1.62. The Morgan fingerprint density at radius 3 is 2.65 bits per heavy atom. The number of nitriles is 1. The summed E-state index contributed by atoms with van der Waals surface area (Å²) in [5.41, 5.74) is 3.19. The van der Waals surface area contributed by atoms with Gasteiger partial charge in [0.15, 0.2) is 0 Å². The van der Waals surface area contributed by atoms with Crippen molar-refractivity contribution in [2.45, 2.75) is 31.9 Å². The molecule has 1 saturated heterocycles. The summed E-state index contributed by atoms with van der Waals surface area (Å²) < 4.78 is 5.52. The van der Waals surface area contributed by atoms with E-state index >= 15 is 0 Å². The van der Waals surface area contributed by atoms with Crippen LogP contribution in [-0.2, 0) is 12.0 Å². The molecule has 0 saturated carbocycles. The van der Waals surface area contributed by atoms with Gasteiger partial charge in [-0.15, -0.1) is 0 Å². The zero-order valence-corrected chi connectivity index (χ0v) is 22.0. The number of aryl methyl sites for hydroxylation is 1. The van der Waals surface area contributed by atoms with Gasteiger partial charge in [0.25, 0.3) is 0 Å². The van der Waals surface area contributed by atoms with Crippen molar-refractivity contribution >= 4 is 17.3 Å². The van der Waals surface area contributed by atoms with Gasteiger partial charge in [0.05, 0.1) is 29.5 Å². The van der Waals surface area contributed by atoms with Crippen molar-refractivity contribution in [3.63, 3.8) is 0 Å². The molecule has 3 aromatic rings. The van der Waals surface area contributed by atoms with E-state index in [4.69, 9.17) is 21.4 Å². The van der Waals surface area contributed by atoms with E-state index in [0.717, 1.165) is 35.5 Å². The van der Waals surface area contributed by atoms with E-state index in [2.05, 4.69) is 27.8 Å². The van der Waals surface area contributed by atoms with Crippen LogP contribution in [0, 0.1) is 11.3 Å². The first kappa shape index (κ1) is 26.9. The number of hydrogen-bond acceptors (Lipinski definition) is 7. The van der Waals surface area contributed by atoms with Crippen molar-refractivity contribution < 1.29 is 14.9 Å². The first-order chi connectivity index (χ1) is 17.8. The third-order valence-corrected chi connectivity index (χ3v) is 7.06. The predicted molar refractivity (Wildman–Crippen MR) is 145 cm³/mol. The molecule has 194 valence electrons. The lowest BCUT2D eigenvalue weighted by Gasteiger charge is -2.45. The van der Waals surface area contributed by atoms with Gasteiger partial charge in [-0.25, -0.2) is 0 Å². The molecule has 0 radical (unpaired) electrons. The van der Waals surface area contributed by atoms with Crippen molar-refractivity contribution in [1.82, 2.24) is 9.88 Å². The van der Waals surface area contributed by atoms with E-state index in [1.54, 1.807) is 12.3 Å². The lowest BCUT2D eigenvalue weighted by molar-refractivity contribution is 0.0101.